The molecule has 0 saturated carbocycles. The van der Waals surface area contributed by atoms with Crippen LogP contribution in [0.1, 0.15) is 32.6 Å². The standard InChI is InChI=1S/C16H18N6O9S/c1-2-3-4-5-15(24)31-21(20-14(23)9-13(16(20)25)32(28,29)30)11-7-6-10(18-19-17)8-12(11)22(26)27/h6-9,23,25H,2-5H2,1H3,(H,28,29,30). The molecule has 1 aromatic heterocycles. The summed E-state index contributed by atoms with van der Waals surface area (Å²) in [6.07, 6.45) is 1.72. The average molecular weight is 470 g/mol. The second-order valence-corrected chi connectivity index (χ2v) is 7.68. The molecule has 32 heavy (non-hydrogen) atoms. The fraction of sp³-hybridized carbons (Fsp3) is 0.312. The number of azide groups is 1. The van der Waals surface area contributed by atoms with Gasteiger partial charge in [0.15, 0.2) is 10.6 Å². The molecule has 3 N–H and O–H groups in total. The highest BCUT2D eigenvalue weighted by molar-refractivity contribution is 7.86. The van der Waals surface area contributed by atoms with Gasteiger partial charge in [-0.15, -0.1) is 0 Å². The van der Waals surface area contributed by atoms with Gasteiger partial charge in [-0.3, -0.25) is 14.7 Å². The van der Waals surface area contributed by atoms with Crippen molar-refractivity contribution in [3.8, 4) is 11.8 Å². The van der Waals surface area contributed by atoms with Gasteiger partial charge >= 0.3 is 5.97 Å². The van der Waals surface area contributed by atoms with Gasteiger partial charge in [0.1, 0.15) is 0 Å². The zero-order valence-corrected chi connectivity index (χ0v) is 17.3. The molecule has 15 nitrogen and oxygen atoms in total. The second kappa shape index (κ2) is 9.86. The summed E-state index contributed by atoms with van der Waals surface area (Å²) in [5.74, 6) is -3.25. The maximum atomic E-state index is 12.3. The van der Waals surface area contributed by atoms with Gasteiger partial charge in [0.05, 0.1) is 4.92 Å². The quantitative estimate of drug-likeness (QED) is 0.0873. The van der Waals surface area contributed by atoms with Gasteiger partial charge in [-0.25, -0.2) is 4.79 Å². The highest BCUT2D eigenvalue weighted by Gasteiger charge is 2.32. The van der Waals surface area contributed by atoms with Crippen molar-refractivity contribution in [3.05, 3.63) is 44.8 Å². The monoisotopic (exact) mass is 470 g/mol. The molecule has 172 valence electrons. The molecule has 0 fully saturated rings. The van der Waals surface area contributed by atoms with E-state index in [4.69, 9.17) is 10.4 Å². The van der Waals surface area contributed by atoms with E-state index in [1.807, 2.05) is 6.92 Å². The Morgan fingerprint density at radius 2 is 2.03 bits per heavy atom. The summed E-state index contributed by atoms with van der Waals surface area (Å²) in [6.45, 7) is 1.89. The van der Waals surface area contributed by atoms with Crippen molar-refractivity contribution in [2.24, 2.45) is 5.11 Å². The number of benzene rings is 1. The number of carbonyl (C=O) groups excluding carboxylic acids is 1. The van der Waals surface area contributed by atoms with Crippen LogP contribution in [-0.4, -0.2) is 38.8 Å². The molecule has 2 rings (SSSR count). The number of anilines is 1. The molecule has 0 bridgehead atoms. The van der Waals surface area contributed by atoms with Crippen LogP contribution in [0, 0.1) is 10.1 Å². The lowest BCUT2D eigenvalue weighted by molar-refractivity contribution is -0.384. The van der Waals surface area contributed by atoms with E-state index in [0.29, 0.717) is 24.1 Å². The number of rotatable bonds is 10. The van der Waals surface area contributed by atoms with E-state index in [9.17, 15) is 38.1 Å². The van der Waals surface area contributed by atoms with Crippen LogP contribution in [0.15, 0.2) is 34.3 Å². The van der Waals surface area contributed by atoms with Crippen LogP contribution in [0.4, 0.5) is 17.1 Å². The number of hydrogen-bond donors (Lipinski definition) is 3. The first kappa shape index (κ1) is 24.3. The van der Waals surface area contributed by atoms with Gasteiger partial charge in [-0.2, -0.15) is 13.1 Å². The van der Waals surface area contributed by atoms with Gasteiger partial charge in [-0.1, -0.05) is 30.1 Å². The van der Waals surface area contributed by atoms with Crippen molar-refractivity contribution in [3.63, 3.8) is 0 Å². The van der Waals surface area contributed by atoms with E-state index in [2.05, 4.69) is 10.0 Å². The highest BCUT2D eigenvalue weighted by Crippen LogP contribution is 2.38. The molecular weight excluding hydrogens is 452 g/mol. The van der Waals surface area contributed by atoms with Crippen LogP contribution >= 0.6 is 0 Å². The number of aromatic hydroxyl groups is 2. The molecular formula is C16H18N6O9S. The van der Waals surface area contributed by atoms with E-state index in [-0.39, 0.29) is 16.8 Å². The van der Waals surface area contributed by atoms with E-state index in [0.717, 1.165) is 24.6 Å². The van der Waals surface area contributed by atoms with Gasteiger partial charge in [0.25, 0.3) is 15.8 Å². The fourth-order valence-electron chi connectivity index (χ4n) is 2.62. The van der Waals surface area contributed by atoms with E-state index >= 15 is 0 Å². The SMILES string of the molecule is CCCCCC(=O)ON(c1ccc(N=[N+]=[N-])cc1[N+](=O)[O-])n1c(O)cc(S(=O)(=O)O)c1O. The molecule has 0 unspecified atom stereocenters. The summed E-state index contributed by atoms with van der Waals surface area (Å²) >= 11 is 0. The fourth-order valence-corrected chi connectivity index (χ4v) is 3.19. The van der Waals surface area contributed by atoms with Gasteiger partial charge in [0, 0.05) is 29.2 Å². The van der Waals surface area contributed by atoms with Crippen LogP contribution in [0.25, 0.3) is 10.4 Å². The van der Waals surface area contributed by atoms with Gasteiger partial charge in [0.2, 0.25) is 11.8 Å². The predicted octanol–water partition coefficient (Wildman–Crippen LogP) is 3.30. The average Bonchev–Trinajstić information content (AvgIpc) is 3.01. The summed E-state index contributed by atoms with van der Waals surface area (Å²) in [6, 6.07) is 3.37. The van der Waals surface area contributed by atoms with Crippen molar-refractivity contribution in [2.75, 3.05) is 5.17 Å². The first-order valence-corrected chi connectivity index (χ1v) is 10.4. The van der Waals surface area contributed by atoms with Crippen molar-refractivity contribution < 1.29 is 37.7 Å². The van der Waals surface area contributed by atoms with Gasteiger partial charge in [-0.05, 0) is 24.1 Å². The Labute approximate surface area is 180 Å². The molecule has 0 atom stereocenters. The summed E-state index contributed by atoms with van der Waals surface area (Å²) in [7, 11) is -5.02. The Morgan fingerprint density at radius 1 is 1.34 bits per heavy atom. The number of hydrogen-bond acceptors (Lipinski definition) is 10. The Hall–Kier alpha value is -4.01. The molecule has 0 aliphatic carbocycles. The molecule has 0 aliphatic rings. The van der Waals surface area contributed by atoms with Crippen molar-refractivity contribution in [1.29, 1.82) is 0 Å². The number of nitro benzene ring substituents is 1. The Kier molecular flexibility index (Phi) is 7.48. The summed E-state index contributed by atoms with van der Waals surface area (Å²) in [5, 5.41) is 35.5. The van der Waals surface area contributed by atoms with Crippen molar-refractivity contribution >= 4 is 33.1 Å². The molecule has 0 aliphatic heterocycles. The smallest absolute Gasteiger partial charge is 0.334 e. The van der Waals surface area contributed by atoms with E-state index in [1.54, 1.807) is 0 Å². The van der Waals surface area contributed by atoms with Crippen LogP contribution < -0.4 is 5.17 Å². The third kappa shape index (κ3) is 5.37. The molecule has 0 saturated heterocycles. The third-order valence-corrected chi connectivity index (χ3v) is 4.91. The lowest BCUT2D eigenvalue weighted by atomic mass is 10.2. The second-order valence-electron chi connectivity index (χ2n) is 6.29. The Morgan fingerprint density at radius 3 is 2.56 bits per heavy atom. The number of unbranched alkanes of at least 4 members (excludes halogenated alkanes) is 2. The number of nitrogens with zero attached hydrogens (tertiary/aromatic N) is 6. The van der Waals surface area contributed by atoms with Crippen LogP contribution in [0.5, 0.6) is 11.8 Å². The minimum Gasteiger partial charge on any atom is -0.493 e. The molecule has 1 aromatic carbocycles. The van der Waals surface area contributed by atoms with E-state index < -0.39 is 49.0 Å². The minimum absolute atomic E-state index is 0.136. The Balaban J connectivity index is 2.69. The largest absolute Gasteiger partial charge is 0.493 e. The van der Waals surface area contributed by atoms with Crippen LogP contribution in [-0.2, 0) is 19.8 Å². The van der Waals surface area contributed by atoms with Crippen molar-refractivity contribution in [2.45, 2.75) is 37.5 Å². The molecule has 0 radical (unpaired) electrons. The zero-order valence-electron chi connectivity index (χ0n) is 16.5. The minimum atomic E-state index is -5.02. The van der Waals surface area contributed by atoms with Crippen LogP contribution in [0.2, 0.25) is 0 Å². The maximum absolute atomic E-state index is 12.3. The summed E-state index contributed by atoms with van der Waals surface area (Å²) in [5.41, 5.74) is 7.04. The number of aromatic nitrogens is 1. The lowest BCUT2D eigenvalue weighted by Gasteiger charge is -2.24. The molecule has 0 spiro atoms. The van der Waals surface area contributed by atoms with Gasteiger partial charge < -0.3 is 15.1 Å². The molecule has 16 heteroatoms. The molecule has 1 heterocycles. The summed E-state index contributed by atoms with van der Waals surface area (Å²) in [4.78, 5) is 29.4. The Bertz CT molecular complexity index is 1190. The first-order valence-electron chi connectivity index (χ1n) is 8.97. The number of nitro groups is 1. The van der Waals surface area contributed by atoms with Crippen molar-refractivity contribution in [1.82, 2.24) is 4.68 Å². The molecule has 2 aromatic rings. The first-order chi connectivity index (χ1) is 15.0. The highest BCUT2D eigenvalue weighted by atomic mass is 32.2. The topological polar surface area (TPSA) is 221 Å². The third-order valence-electron chi connectivity index (χ3n) is 4.05. The molecule has 0 amide bonds. The predicted molar refractivity (Wildman–Crippen MR) is 108 cm³/mol. The zero-order chi connectivity index (χ0) is 24.1. The number of carbonyl (C=O) groups is 1. The van der Waals surface area contributed by atoms with Crippen LogP contribution in [0.3, 0.4) is 0 Å². The summed E-state index contributed by atoms with van der Waals surface area (Å²) < 4.78 is 32.4. The maximum Gasteiger partial charge on any atom is 0.334 e. The van der Waals surface area contributed by atoms with E-state index in [1.165, 1.54) is 0 Å². The lowest BCUT2D eigenvalue weighted by Crippen LogP contribution is -2.32. The normalized spacial score (nSPS) is 10.9.